The molecule has 0 saturated heterocycles. The molecule has 25 heavy (non-hydrogen) atoms. The van der Waals surface area contributed by atoms with Crippen LogP contribution in [0.2, 0.25) is 0 Å². The SMILES string of the molecule is CCC(=O)Nc1sc(C(C#N)=Cc2cccs2)nc1-c1ccccc1. The Labute approximate surface area is 154 Å². The van der Waals surface area contributed by atoms with E-state index in [1.807, 2.05) is 53.9 Å². The second-order valence-electron chi connectivity index (χ2n) is 5.15. The van der Waals surface area contributed by atoms with Gasteiger partial charge in [0.2, 0.25) is 5.91 Å². The zero-order valence-corrected chi connectivity index (χ0v) is 15.2. The van der Waals surface area contributed by atoms with Crippen molar-refractivity contribution in [2.45, 2.75) is 13.3 Å². The van der Waals surface area contributed by atoms with Crippen molar-refractivity contribution < 1.29 is 4.79 Å². The van der Waals surface area contributed by atoms with Crippen LogP contribution < -0.4 is 5.32 Å². The van der Waals surface area contributed by atoms with E-state index in [2.05, 4.69) is 16.4 Å². The van der Waals surface area contributed by atoms with E-state index in [0.717, 1.165) is 10.4 Å². The number of rotatable bonds is 5. The first-order valence-corrected chi connectivity index (χ1v) is 9.42. The van der Waals surface area contributed by atoms with E-state index in [4.69, 9.17) is 0 Å². The minimum Gasteiger partial charge on any atom is -0.316 e. The Morgan fingerprint density at radius 2 is 2.08 bits per heavy atom. The molecule has 0 saturated carbocycles. The maximum absolute atomic E-state index is 11.9. The van der Waals surface area contributed by atoms with Gasteiger partial charge in [0.05, 0.1) is 5.57 Å². The van der Waals surface area contributed by atoms with Crippen molar-refractivity contribution in [2.75, 3.05) is 5.32 Å². The first-order chi connectivity index (χ1) is 12.2. The monoisotopic (exact) mass is 365 g/mol. The minimum atomic E-state index is -0.0758. The fraction of sp³-hybridized carbons (Fsp3) is 0.105. The van der Waals surface area contributed by atoms with Crippen LogP contribution in [0.4, 0.5) is 5.00 Å². The molecule has 0 aliphatic rings. The predicted molar refractivity (Wildman–Crippen MR) is 104 cm³/mol. The smallest absolute Gasteiger partial charge is 0.224 e. The molecule has 0 bridgehead atoms. The molecule has 2 aromatic heterocycles. The number of hydrogen-bond donors (Lipinski definition) is 1. The fourth-order valence-corrected chi connectivity index (χ4v) is 3.81. The van der Waals surface area contributed by atoms with Gasteiger partial charge in [0.25, 0.3) is 0 Å². The lowest BCUT2D eigenvalue weighted by Crippen LogP contribution is -2.08. The van der Waals surface area contributed by atoms with Crippen molar-refractivity contribution in [3.05, 3.63) is 57.7 Å². The molecule has 0 spiro atoms. The molecular weight excluding hydrogens is 350 g/mol. The molecule has 124 valence electrons. The zero-order valence-electron chi connectivity index (χ0n) is 13.5. The molecule has 0 aliphatic carbocycles. The number of anilines is 1. The van der Waals surface area contributed by atoms with E-state index in [-0.39, 0.29) is 5.91 Å². The molecular formula is C19H15N3OS2. The number of hydrogen-bond acceptors (Lipinski definition) is 5. The highest BCUT2D eigenvalue weighted by Crippen LogP contribution is 2.36. The van der Waals surface area contributed by atoms with Gasteiger partial charge in [0.15, 0.2) is 0 Å². The first-order valence-electron chi connectivity index (χ1n) is 7.73. The van der Waals surface area contributed by atoms with Gasteiger partial charge in [-0.15, -0.1) is 11.3 Å². The fourth-order valence-electron chi connectivity index (χ4n) is 2.18. The summed E-state index contributed by atoms with van der Waals surface area (Å²) >= 11 is 2.89. The molecule has 4 nitrogen and oxygen atoms in total. The number of benzene rings is 1. The van der Waals surface area contributed by atoms with Gasteiger partial charge >= 0.3 is 0 Å². The van der Waals surface area contributed by atoms with Crippen LogP contribution in [-0.2, 0) is 4.79 Å². The minimum absolute atomic E-state index is 0.0758. The highest BCUT2D eigenvalue weighted by atomic mass is 32.1. The summed E-state index contributed by atoms with van der Waals surface area (Å²) in [5, 5.41) is 15.7. The summed E-state index contributed by atoms with van der Waals surface area (Å²) in [6.45, 7) is 1.80. The summed E-state index contributed by atoms with van der Waals surface area (Å²) < 4.78 is 0. The lowest BCUT2D eigenvalue weighted by molar-refractivity contribution is -0.115. The lowest BCUT2D eigenvalue weighted by Gasteiger charge is -2.03. The highest BCUT2D eigenvalue weighted by molar-refractivity contribution is 7.17. The molecule has 6 heteroatoms. The summed E-state index contributed by atoms with van der Waals surface area (Å²) in [7, 11) is 0. The van der Waals surface area contributed by atoms with Crippen molar-refractivity contribution in [1.29, 1.82) is 5.26 Å². The molecule has 3 aromatic rings. The van der Waals surface area contributed by atoms with E-state index >= 15 is 0 Å². The van der Waals surface area contributed by atoms with Gasteiger partial charge in [-0.05, 0) is 17.5 Å². The highest BCUT2D eigenvalue weighted by Gasteiger charge is 2.17. The van der Waals surface area contributed by atoms with Crippen molar-refractivity contribution in [2.24, 2.45) is 0 Å². The van der Waals surface area contributed by atoms with Gasteiger partial charge in [0, 0.05) is 16.9 Å². The van der Waals surface area contributed by atoms with Crippen molar-refractivity contribution in [3.63, 3.8) is 0 Å². The third kappa shape index (κ3) is 4.02. The predicted octanol–water partition coefficient (Wildman–Crippen LogP) is 5.28. The maximum Gasteiger partial charge on any atom is 0.224 e. The number of carbonyl (C=O) groups excluding carboxylic acids is 1. The molecule has 1 aromatic carbocycles. The van der Waals surface area contributed by atoms with Gasteiger partial charge in [-0.25, -0.2) is 4.98 Å². The average molecular weight is 365 g/mol. The number of thiazole rings is 1. The molecule has 2 heterocycles. The summed E-state index contributed by atoms with van der Waals surface area (Å²) in [6, 6.07) is 15.8. The molecule has 0 radical (unpaired) electrons. The zero-order chi connectivity index (χ0) is 17.6. The summed E-state index contributed by atoms with van der Waals surface area (Å²) in [5.74, 6) is -0.0758. The molecule has 1 amide bonds. The molecule has 0 fully saturated rings. The van der Waals surface area contributed by atoms with Crippen LogP contribution in [-0.4, -0.2) is 10.9 Å². The first kappa shape index (κ1) is 17.1. The van der Waals surface area contributed by atoms with E-state index in [1.54, 1.807) is 18.3 Å². The van der Waals surface area contributed by atoms with E-state index in [1.165, 1.54) is 11.3 Å². The van der Waals surface area contributed by atoms with Gasteiger partial charge in [-0.3, -0.25) is 4.79 Å². The van der Waals surface area contributed by atoms with Gasteiger partial charge in [0.1, 0.15) is 21.8 Å². The number of nitrogens with one attached hydrogen (secondary N) is 1. The summed E-state index contributed by atoms with van der Waals surface area (Å²) in [6.07, 6.45) is 2.21. The number of nitrogens with zero attached hydrogens (tertiary/aromatic N) is 2. The van der Waals surface area contributed by atoms with Crippen LogP contribution in [0.1, 0.15) is 23.2 Å². The van der Waals surface area contributed by atoms with E-state index in [9.17, 15) is 10.1 Å². The van der Waals surface area contributed by atoms with Gasteiger partial charge < -0.3 is 5.32 Å². The Hall–Kier alpha value is -2.75. The molecule has 0 aliphatic heterocycles. The Kier molecular flexibility index (Phi) is 5.39. The topological polar surface area (TPSA) is 65.8 Å². The second kappa shape index (κ2) is 7.88. The summed E-state index contributed by atoms with van der Waals surface area (Å²) in [4.78, 5) is 17.5. The van der Waals surface area contributed by atoms with E-state index < -0.39 is 0 Å². The normalized spacial score (nSPS) is 11.1. The number of thiophene rings is 1. The standard InChI is InChI=1S/C19H15N3OS2/c1-2-16(23)21-19-17(13-7-4-3-5-8-13)22-18(25-19)14(12-20)11-15-9-6-10-24-15/h3-11H,2H2,1H3,(H,21,23). The number of carbonyl (C=O) groups is 1. The molecule has 1 N–H and O–H groups in total. The molecule has 0 unspecified atom stereocenters. The van der Waals surface area contributed by atoms with Crippen LogP contribution in [0.25, 0.3) is 22.9 Å². The Morgan fingerprint density at radius 1 is 1.28 bits per heavy atom. The number of allylic oxidation sites excluding steroid dienone is 1. The van der Waals surface area contributed by atoms with Crippen LogP contribution >= 0.6 is 22.7 Å². The summed E-state index contributed by atoms with van der Waals surface area (Å²) in [5.41, 5.74) is 2.08. The second-order valence-corrected chi connectivity index (χ2v) is 7.13. The van der Waals surface area contributed by atoms with Crippen LogP contribution in [0.5, 0.6) is 0 Å². The number of amides is 1. The third-order valence-electron chi connectivity index (χ3n) is 3.43. The van der Waals surface area contributed by atoms with Crippen LogP contribution in [0.3, 0.4) is 0 Å². The van der Waals surface area contributed by atoms with Crippen LogP contribution in [0.15, 0.2) is 47.8 Å². The molecule has 0 atom stereocenters. The number of nitriles is 1. The lowest BCUT2D eigenvalue weighted by atomic mass is 10.1. The average Bonchev–Trinajstić information content (AvgIpc) is 3.30. The molecule has 3 rings (SSSR count). The Morgan fingerprint density at radius 3 is 2.72 bits per heavy atom. The van der Waals surface area contributed by atoms with Crippen molar-refractivity contribution in [1.82, 2.24) is 4.98 Å². The number of aromatic nitrogens is 1. The van der Waals surface area contributed by atoms with Crippen molar-refractivity contribution in [3.8, 4) is 17.3 Å². The maximum atomic E-state index is 11.9. The van der Waals surface area contributed by atoms with Gasteiger partial charge in [-0.1, -0.05) is 54.7 Å². The quantitative estimate of drug-likeness (QED) is 0.625. The largest absolute Gasteiger partial charge is 0.316 e. The van der Waals surface area contributed by atoms with E-state index in [0.29, 0.717) is 27.7 Å². The van der Waals surface area contributed by atoms with Crippen LogP contribution in [0, 0.1) is 11.3 Å². The Balaban J connectivity index is 2.06. The van der Waals surface area contributed by atoms with Crippen molar-refractivity contribution >= 4 is 45.2 Å². The van der Waals surface area contributed by atoms with Gasteiger partial charge in [-0.2, -0.15) is 5.26 Å². The third-order valence-corrected chi connectivity index (χ3v) is 5.25. The Bertz CT molecular complexity index is 935.